The lowest BCUT2D eigenvalue weighted by Gasteiger charge is -2.27. The van der Waals surface area contributed by atoms with Crippen LogP contribution in [0.1, 0.15) is 38.2 Å². The summed E-state index contributed by atoms with van der Waals surface area (Å²) in [6.07, 6.45) is 4.08. The molecule has 0 amide bonds. The fraction of sp³-hybridized carbons (Fsp3) is 0.571. The monoisotopic (exact) mass is 301 g/mol. The molecule has 1 atom stereocenters. The Labute approximate surface area is 120 Å². The molecule has 0 aromatic heterocycles. The fourth-order valence-corrected chi connectivity index (χ4v) is 4.83. The van der Waals surface area contributed by atoms with Crippen molar-refractivity contribution in [2.75, 3.05) is 6.54 Å². The predicted molar refractivity (Wildman–Crippen MR) is 77.8 cm³/mol. The number of hydrogen-bond donors (Lipinski definition) is 0. The minimum atomic E-state index is -3.43. The van der Waals surface area contributed by atoms with E-state index in [1.807, 2.05) is 13.0 Å². The molecular formula is C14H20ClNO2S. The number of benzene rings is 1. The van der Waals surface area contributed by atoms with E-state index in [4.69, 9.17) is 11.6 Å². The summed E-state index contributed by atoms with van der Waals surface area (Å²) in [6.45, 7) is 2.60. The van der Waals surface area contributed by atoms with Gasteiger partial charge in [0.25, 0.3) is 0 Å². The lowest BCUT2D eigenvalue weighted by Crippen LogP contribution is -2.38. The molecule has 2 rings (SSSR count). The Morgan fingerprint density at radius 1 is 1.26 bits per heavy atom. The second-order valence-electron chi connectivity index (χ2n) is 5.06. The third-order valence-electron chi connectivity index (χ3n) is 3.70. The number of halogens is 1. The molecular weight excluding hydrogens is 282 g/mol. The molecule has 1 aliphatic rings. The number of nitrogens with zero attached hydrogens (tertiary/aromatic N) is 1. The summed E-state index contributed by atoms with van der Waals surface area (Å²) >= 11 is 5.86. The van der Waals surface area contributed by atoms with Gasteiger partial charge in [0, 0.05) is 18.5 Å². The first-order chi connectivity index (χ1) is 9.07. The SMILES string of the molecule is CC1CCCCCN1S(=O)(=O)c1ccccc1CCl. The van der Waals surface area contributed by atoms with E-state index < -0.39 is 10.0 Å². The summed E-state index contributed by atoms with van der Waals surface area (Å²) in [5, 5.41) is 0. The molecule has 0 radical (unpaired) electrons. The second kappa shape index (κ2) is 6.25. The first-order valence-electron chi connectivity index (χ1n) is 6.73. The van der Waals surface area contributed by atoms with Gasteiger partial charge in [0.15, 0.2) is 0 Å². The first kappa shape index (κ1) is 14.8. The highest BCUT2D eigenvalue weighted by molar-refractivity contribution is 7.89. The summed E-state index contributed by atoms with van der Waals surface area (Å²) in [5.41, 5.74) is 0.681. The van der Waals surface area contributed by atoms with Crippen LogP contribution in [0.2, 0.25) is 0 Å². The summed E-state index contributed by atoms with van der Waals surface area (Å²) in [5.74, 6) is 0.220. The summed E-state index contributed by atoms with van der Waals surface area (Å²) in [7, 11) is -3.43. The number of alkyl halides is 1. The van der Waals surface area contributed by atoms with Crippen LogP contribution in [0.25, 0.3) is 0 Å². The molecule has 1 unspecified atom stereocenters. The smallest absolute Gasteiger partial charge is 0.207 e. The van der Waals surface area contributed by atoms with E-state index in [1.165, 1.54) is 0 Å². The molecule has 3 nitrogen and oxygen atoms in total. The van der Waals surface area contributed by atoms with Crippen LogP contribution in [-0.2, 0) is 15.9 Å². The van der Waals surface area contributed by atoms with Crippen LogP contribution in [-0.4, -0.2) is 25.3 Å². The second-order valence-corrected chi connectivity index (χ2v) is 7.18. The predicted octanol–water partition coefficient (Wildman–Crippen LogP) is 3.38. The molecule has 0 bridgehead atoms. The third kappa shape index (κ3) is 3.12. The van der Waals surface area contributed by atoms with E-state index in [0.717, 1.165) is 25.7 Å². The molecule has 1 aromatic carbocycles. The minimum Gasteiger partial charge on any atom is -0.207 e. The highest BCUT2D eigenvalue weighted by atomic mass is 35.5. The number of rotatable bonds is 3. The molecule has 19 heavy (non-hydrogen) atoms. The quantitative estimate of drug-likeness (QED) is 0.803. The van der Waals surface area contributed by atoms with Crippen LogP contribution in [0.15, 0.2) is 29.2 Å². The highest BCUT2D eigenvalue weighted by Gasteiger charge is 2.31. The molecule has 0 N–H and O–H groups in total. The van der Waals surface area contributed by atoms with Gasteiger partial charge in [0.1, 0.15) is 0 Å². The van der Waals surface area contributed by atoms with Crippen molar-refractivity contribution in [3.05, 3.63) is 29.8 Å². The van der Waals surface area contributed by atoms with Crippen LogP contribution in [0, 0.1) is 0 Å². The summed E-state index contributed by atoms with van der Waals surface area (Å²) < 4.78 is 27.2. The van der Waals surface area contributed by atoms with E-state index in [2.05, 4.69) is 0 Å². The first-order valence-corrected chi connectivity index (χ1v) is 8.70. The van der Waals surface area contributed by atoms with Crippen molar-refractivity contribution in [3.63, 3.8) is 0 Å². The number of hydrogen-bond acceptors (Lipinski definition) is 2. The van der Waals surface area contributed by atoms with E-state index in [0.29, 0.717) is 17.0 Å². The molecule has 1 aromatic rings. The summed E-state index contributed by atoms with van der Waals surface area (Å²) in [6, 6.07) is 7.08. The van der Waals surface area contributed by atoms with Gasteiger partial charge >= 0.3 is 0 Å². The Morgan fingerprint density at radius 2 is 2.00 bits per heavy atom. The van der Waals surface area contributed by atoms with Gasteiger partial charge in [0.2, 0.25) is 10.0 Å². The maximum atomic E-state index is 12.8. The topological polar surface area (TPSA) is 37.4 Å². The van der Waals surface area contributed by atoms with Crippen molar-refractivity contribution >= 4 is 21.6 Å². The lowest BCUT2D eigenvalue weighted by molar-refractivity contribution is 0.342. The Morgan fingerprint density at radius 3 is 2.74 bits per heavy atom. The molecule has 0 aliphatic carbocycles. The molecule has 1 heterocycles. The van der Waals surface area contributed by atoms with Gasteiger partial charge in [-0.3, -0.25) is 0 Å². The molecule has 0 saturated carbocycles. The van der Waals surface area contributed by atoms with E-state index in [9.17, 15) is 8.42 Å². The van der Waals surface area contributed by atoms with Crippen molar-refractivity contribution in [2.45, 2.75) is 49.4 Å². The van der Waals surface area contributed by atoms with Crippen LogP contribution in [0.5, 0.6) is 0 Å². The third-order valence-corrected chi connectivity index (χ3v) is 6.10. The maximum absolute atomic E-state index is 12.8. The molecule has 1 saturated heterocycles. The zero-order valence-corrected chi connectivity index (χ0v) is 12.8. The van der Waals surface area contributed by atoms with Crippen LogP contribution < -0.4 is 0 Å². The van der Waals surface area contributed by atoms with Gasteiger partial charge in [-0.1, -0.05) is 31.0 Å². The Hall–Kier alpha value is -0.580. The average molecular weight is 302 g/mol. The minimum absolute atomic E-state index is 0.0656. The van der Waals surface area contributed by atoms with Gasteiger partial charge in [-0.25, -0.2) is 8.42 Å². The maximum Gasteiger partial charge on any atom is 0.243 e. The normalized spacial score (nSPS) is 22.1. The van der Waals surface area contributed by atoms with Crippen molar-refractivity contribution in [1.29, 1.82) is 0 Å². The Bertz CT molecular complexity index is 530. The molecule has 0 spiro atoms. The van der Waals surface area contributed by atoms with Gasteiger partial charge < -0.3 is 0 Å². The lowest BCUT2D eigenvalue weighted by atomic mass is 10.1. The molecule has 5 heteroatoms. The van der Waals surface area contributed by atoms with Gasteiger partial charge in [-0.15, -0.1) is 11.6 Å². The van der Waals surface area contributed by atoms with Gasteiger partial charge in [0.05, 0.1) is 4.90 Å². The van der Waals surface area contributed by atoms with Crippen molar-refractivity contribution in [3.8, 4) is 0 Å². The van der Waals surface area contributed by atoms with Crippen molar-refractivity contribution in [2.24, 2.45) is 0 Å². The Kier molecular flexibility index (Phi) is 4.87. The Balaban J connectivity index is 2.40. The van der Waals surface area contributed by atoms with Crippen LogP contribution >= 0.6 is 11.6 Å². The van der Waals surface area contributed by atoms with Gasteiger partial charge in [-0.2, -0.15) is 4.31 Å². The average Bonchev–Trinajstić information content (AvgIpc) is 2.63. The van der Waals surface area contributed by atoms with E-state index in [-0.39, 0.29) is 11.9 Å². The van der Waals surface area contributed by atoms with E-state index in [1.54, 1.807) is 22.5 Å². The highest BCUT2D eigenvalue weighted by Crippen LogP contribution is 2.27. The fourth-order valence-electron chi connectivity index (χ4n) is 2.60. The van der Waals surface area contributed by atoms with Crippen molar-refractivity contribution in [1.82, 2.24) is 4.31 Å². The van der Waals surface area contributed by atoms with E-state index >= 15 is 0 Å². The van der Waals surface area contributed by atoms with Crippen LogP contribution in [0.4, 0.5) is 0 Å². The summed E-state index contributed by atoms with van der Waals surface area (Å²) in [4.78, 5) is 0.360. The number of sulfonamides is 1. The zero-order valence-electron chi connectivity index (χ0n) is 11.2. The molecule has 1 fully saturated rings. The molecule has 1 aliphatic heterocycles. The van der Waals surface area contributed by atoms with Crippen molar-refractivity contribution < 1.29 is 8.42 Å². The van der Waals surface area contributed by atoms with Gasteiger partial charge in [-0.05, 0) is 31.4 Å². The molecule has 106 valence electrons. The largest absolute Gasteiger partial charge is 0.243 e. The zero-order chi connectivity index (χ0) is 13.9. The van der Waals surface area contributed by atoms with Crippen LogP contribution in [0.3, 0.4) is 0 Å². The standard InChI is InChI=1S/C14H20ClNO2S/c1-12-7-3-2-6-10-16(12)19(17,18)14-9-5-4-8-13(14)11-15/h4-5,8-9,12H,2-3,6-7,10-11H2,1H3.